The van der Waals surface area contributed by atoms with Gasteiger partial charge in [0.15, 0.2) is 0 Å². The molecule has 0 saturated heterocycles. The first-order valence-electron chi connectivity index (χ1n) is 5.95. The van der Waals surface area contributed by atoms with Gasteiger partial charge in [0, 0.05) is 6.07 Å². The number of benzene rings is 2. The van der Waals surface area contributed by atoms with E-state index in [1.165, 1.54) is 6.07 Å². The van der Waals surface area contributed by atoms with Crippen LogP contribution in [0.15, 0.2) is 36.4 Å². The molecule has 0 aromatic heterocycles. The van der Waals surface area contributed by atoms with Crippen molar-refractivity contribution in [1.82, 2.24) is 0 Å². The van der Waals surface area contributed by atoms with Crippen LogP contribution in [0.25, 0.3) is 0 Å². The van der Waals surface area contributed by atoms with E-state index in [-0.39, 0.29) is 5.69 Å². The van der Waals surface area contributed by atoms with E-state index in [4.69, 9.17) is 10.00 Å². The molecule has 0 radical (unpaired) electrons. The zero-order chi connectivity index (χ0) is 14.7. The van der Waals surface area contributed by atoms with Gasteiger partial charge in [-0.3, -0.25) is 10.1 Å². The standard InChI is InChI=1S/C15H12N2O3/c1-10-6-7-12(9-16)15(8-10)20-14-5-3-4-13(11(14)2)17(18)19/h3-8H,1-2H3. The number of aryl methyl sites for hydroxylation is 1. The van der Waals surface area contributed by atoms with Crippen molar-refractivity contribution in [3.63, 3.8) is 0 Å². The molecule has 0 N–H and O–H groups in total. The Morgan fingerprint density at radius 1 is 1.20 bits per heavy atom. The summed E-state index contributed by atoms with van der Waals surface area (Å²) in [4.78, 5) is 10.4. The summed E-state index contributed by atoms with van der Waals surface area (Å²) in [5.41, 5.74) is 1.76. The van der Waals surface area contributed by atoms with Gasteiger partial charge in [-0.15, -0.1) is 0 Å². The lowest BCUT2D eigenvalue weighted by atomic mass is 10.1. The van der Waals surface area contributed by atoms with E-state index in [0.29, 0.717) is 22.6 Å². The van der Waals surface area contributed by atoms with Crippen LogP contribution in [0.5, 0.6) is 11.5 Å². The van der Waals surface area contributed by atoms with Crippen molar-refractivity contribution in [3.05, 3.63) is 63.2 Å². The van der Waals surface area contributed by atoms with Gasteiger partial charge in [0.25, 0.3) is 5.69 Å². The Morgan fingerprint density at radius 2 is 1.95 bits per heavy atom. The third-order valence-corrected chi connectivity index (χ3v) is 2.93. The Bertz CT molecular complexity index is 718. The fraction of sp³-hybridized carbons (Fsp3) is 0.133. The third kappa shape index (κ3) is 2.59. The molecule has 0 fully saturated rings. The molecule has 0 bridgehead atoms. The van der Waals surface area contributed by atoms with Gasteiger partial charge in [0.2, 0.25) is 0 Å². The molecule has 2 rings (SSSR count). The molecule has 2 aromatic rings. The molecule has 0 unspecified atom stereocenters. The van der Waals surface area contributed by atoms with Crippen LogP contribution < -0.4 is 4.74 Å². The number of nitriles is 1. The number of rotatable bonds is 3. The fourth-order valence-corrected chi connectivity index (χ4v) is 1.84. The average Bonchev–Trinajstić information content (AvgIpc) is 2.41. The quantitative estimate of drug-likeness (QED) is 0.625. The molecule has 0 amide bonds. The van der Waals surface area contributed by atoms with Gasteiger partial charge in [0.05, 0.1) is 16.1 Å². The number of ether oxygens (including phenoxy) is 1. The highest BCUT2D eigenvalue weighted by molar-refractivity contribution is 5.52. The molecule has 0 heterocycles. The summed E-state index contributed by atoms with van der Waals surface area (Å²) in [5.74, 6) is 0.775. The molecule has 2 aromatic carbocycles. The number of nitro groups is 1. The smallest absolute Gasteiger partial charge is 0.276 e. The van der Waals surface area contributed by atoms with Gasteiger partial charge in [-0.25, -0.2) is 0 Å². The lowest BCUT2D eigenvalue weighted by molar-refractivity contribution is -0.385. The highest BCUT2D eigenvalue weighted by Crippen LogP contribution is 2.32. The summed E-state index contributed by atoms with van der Waals surface area (Å²) in [5, 5.41) is 20.0. The molecule has 5 nitrogen and oxygen atoms in total. The van der Waals surface area contributed by atoms with Crippen molar-refractivity contribution in [1.29, 1.82) is 5.26 Å². The monoisotopic (exact) mass is 268 g/mol. The lowest BCUT2D eigenvalue weighted by Gasteiger charge is -2.10. The van der Waals surface area contributed by atoms with Gasteiger partial charge in [-0.05, 0) is 37.6 Å². The van der Waals surface area contributed by atoms with E-state index in [1.54, 1.807) is 31.2 Å². The van der Waals surface area contributed by atoms with Gasteiger partial charge in [-0.2, -0.15) is 5.26 Å². The highest BCUT2D eigenvalue weighted by atomic mass is 16.6. The molecular weight excluding hydrogens is 256 g/mol. The van der Waals surface area contributed by atoms with Crippen LogP contribution in [0, 0.1) is 35.3 Å². The molecule has 5 heteroatoms. The lowest BCUT2D eigenvalue weighted by Crippen LogP contribution is -1.96. The number of hydrogen-bond donors (Lipinski definition) is 0. The van der Waals surface area contributed by atoms with E-state index in [9.17, 15) is 10.1 Å². The SMILES string of the molecule is Cc1ccc(C#N)c(Oc2cccc([N+](=O)[O-])c2C)c1. The Balaban J connectivity index is 2.46. The topological polar surface area (TPSA) is 76.2 Å². The predicted octanol–water partition coefficient (Wildman–Crippen LogP) is 3.88. The summed E-state index contributed by atoms with van der Waals surface area (Å²) in [6, 6.07) is 11.9. The third-order valence-electron chi connectivity index (χ3n) is 2.93. The summed E-state index contributed by atoms with van der Waals surface area (Å²) < 4.78 is 5.68. The zero-order valence-corrected chi connectivity index (χ0v) is 11.1. The Morgan fingerprint density at radius 3 is 2.60 bits per heavy atom. The molecule has 0 saturated carbocycles. The van der Waals surface area contributed by atoms with Crippen LogP contribution in [0.2, 0.25) is 0 Å². The van der Waals surface area contributed by atoms with E-state index in [0.717, 1.165) is 5.56 Å². The van der Waals surface area contributed by atoms with E-state index in [2.05, 4.69) is 0 Å². The second kappa shape index (κ2) is 5.41. The summed E-state index contributed by atoms with van der Waals surface area (Å²) >= 11 is 0. The van der Waals surface area contributed by atoms with Crippen LogP contribution in [-0.4, -0.2) is 4.92 Å². The maximum absolute atomic E-state index is 10.9. The van der Waals surface area contributed by atoms with Gasteiger partial charge in [-0.1, -0.05) is 12.1 Å². The van der Waals surface area contributed by atoms with Crippen LogP contribution in [0.1, 0.15) is 16.7 Å². The predicted molar refractivity (Wildman–Crippen MR) is 73.8 cm³/mol. The van der Waals surface area contributed by atoms with Crippen molar-refractivity contribution in [2.24, 2.45) is 0 Å². The van der Waals surface area contributed by atoms with Crippen molar-refractivity contribution in [2.75, 3.05) is 0 Å². The summed E-state index contributed by atoms with van der Waals surface area (Å²) in [6.07, 6.45) is 0. The van der Waals surface area contributed by atoms with Crippen LogP contribution >= 0.6 is 0 Å². The second-order valence-corrected chi connectivity index (χ2v) is 4.37. The van der Waals surface area contributed by atoms with Gasteiger partial charge < -0.3 is 4.74 Å². The molecule has 0 aliphatic heterocycles. The Kier molecular flexibility index (Phi) is 3.67. The van der Waals surface area contributed by atoms with Crippen LogP contribution in [0.4, 0.5) is 5.69 Å². The fourth-order valence-electron chi connectivity index (χ4n) is 1.84. The summed E-state index contributed by atoms with van der Waals surface area (Å²) in [7, 11) is 0. The van der Waals surface area contributed by atoms with Crippen molar-refractivity contribution >= 4 is 5.69 Å². The molecule has 20 heavy (non-hydrogen) atoms. The Labute approximate surface area is 116 Å². The number of nitrogens with zero attached hydrogens (tertiary/aromatic N) is 2. The zero-order valence-electron chi connectivity index (χ0n) is 11.1. The van der Waals surface area contributed by atoms with Crippen molar-refractivity contribution in [2.45, 2.75) is 13.8 Å². The first-order valence-corrected chi connectivity index (χ1v) is 5.95. The van der Waals surface area contributed by atoms with E-state index >= 15 is 0 Å². The van der Waals surface area contributed by atoms with Gasteiger partial charge >= 0.3 is 0 Å². The average molecular weight is 268 g/mol. The molecule has 100 valence electrons. The van der Waals surface area contributed by atoms with E-state index in [1.807, 2.05) is 19.1 Å². The largest absolute Gasteiger partial charge is 0.455 e. The molecular formula is C15H12N2O3. The van der Waals surface area contributed by atoms with Crippen LogP contribution in [-0.2, 0) is 0 Å². The second-order valence-electron chi connectivity index (χ2n) is 4.37. The number of hydrogen-bond acceptors (Lipinski definition) is 4. The van der Waals surface area contributed by atoms with Gasteiger partial charge in [0.1, 0.15) is 17.6 Å². The first kappa shape index (κ1) is 13.6. The highest BCUT2D eigenvalue weighted by Gasteiger charge is 2.15. The minimum absolute atomic E-state index is 0.00587. The van der Waals surface area contributed by atoms with Crippen molar-refractivity contribution < 1.29 is 9.66 Å². The molecule has 0 aliphatic carbocycles. The molecule has 0 spiro atoms. The maximum atomic E-state index is 10.9. The Hall–Kier alpha value is -2.87. The number of nitro benzene ring substituents is 1. The molecule has 0 aliphatic rings. The van der Waals surface area contributed by atoms with E-state index < -0.39 is 4.92 Å². The van der Waals surface area contributed by atoms with Crippen molar-refractivity contribution in [3.8, 4) is 17.6 Å². The minimum atomic E-state index is -0.455. The first-order chi connectivity index (χ1) is 9.52. The van der Waals surface area contributed by atoms with Crippen LogP contribution in [0.3, 0.4) is 0 Å². The maximum Gasteiger partial charge on any atom is 0.276 e. The molecule has 0 atom stereocenters. The summed E-state index contributed by atoms with van der Waals surface area (Å²) in [6.45, 7) is 3.50. The normalized spacial score (nSPS) is 9.85. The minimum Gasteiger partial charge on any atom is -0.455 e.